The average molecular weight is 328 g/mol. The Morgan fingerprint density at radius 3 is 2.75 bits per heavy atom. The summed E-state index contributed by atoms with van der Waals surface area (Å²) in [5.74, 6) is 0.862. The lowest BCUT2D eigenvalue weighted by Crippen LogP contribution is -2.32. The molecule has 0 bridgehead atoms. The maximum absolute atomic E-state index is 13.4. The monoisotopic (exact) mass is 328 g/mol. The molecule has 128 valence electrons. The van der Waals surface area contributed by atoms with Crippen LogP contribution in [0.3, 0.4) is 0 Å². The molecule has 2 aromatic carbocycles. The molecular weight excluding hydrogens is 303 g/mol. The first-order chi connectivity index (χ1) is 11.7. The Bertz CT molecular complexity index is 635. The maximum atomic E-state index is 13.4. The lowest BCUT2D eigenvalue weighted by molar-refractivity contribution is 0.265. The zero-order valence-electron chi connectivity index (χ0n) is 14.1. The number of hydrogen-bond acceptors (Lipinski definition) is 3. The van der Waals surface area contributed by atoms with Gasteiger partial charge in [-0.15, -0.1) is 0 Å². The zero-order chi connectivity index (χ0) is 16.8. The molecule has 4 heteroatoms. The molecule has 0 spiro atoms. The fraction of sp³-hybridized carbons (Fsp3) is 0.400. The van der Waals surface area contributed by atoms with Crippen molar-refractivity contribution in [2.24, 2.45) is 0 Å². The number of hydrogen-bond donors (Lipinski definition) is 1. The van der Waals surface area contributed by atoms with Gasteiger partial charge in [0.1, 0.15) is 18.5 Å². The van der Waals surface area contributed by atoms with Crippen molar-refractivity contribution in [1.29, 1.82) is 0 Å². The number of ether oxygens (including phenoxy) is 1. The van der Waals surface area contributed by atoms with Gasteiger partial charge in [-0.3, -0.25) is 4.90 Å². The van der Waals surface area contributed by atoms with Crippen LogP contribution < -0.4 is 10.1 Å². The predicted molar refractivity (Wildman–Crippen MR) is 95.0 cm³/mol. The molecule has 0 aromatic heterocycles. The number of nitrogens with one attached hydrogen (secondary N) is 1. The Labute approximate surface area is 143 Å². The highest BCUT2D eigenvalue weighted by molar-refractivity contribution is 5.31. The summed E-state index contributed by atoms with van der Waals surface area (Å²) in [7, 11) is 1.95. The van der Waals surface area contributed by atoms with E-state index in [1.807, 2.05) is 37.4 Å². The van der Waals surface area contributed by atoms with Crippen molar-refractivity contribution < 1.29 is 9.13 Å². The van der Waals surface area contributed by atoms with Gasteiger partial charge in [-0.25, -0.2) is 4.39 Å². The summed E-state index contributed by atoms with van der Waals surface area (Å²) in [6, 6.07) is 18.5. The number of halogens is 1. The molecule has 1 saturated heterocycles. The van der Waals surface area contributed by atoms with Crippen molar-refractivity contribution in [2.75, 3.05) is 26.7 Å². The van der Waals surface area contributed by atoms with Crippen molar-refractivity contribution in [3.8, 4) is 5.75 Å². The molecule has 3 nitrogen and oxygen atoms in total. The van der Waals surface area contributed by atoms with Crippen LogP contribution in [0.1, 0.15) is 23.6 Å². The van der Waals surface area contributed by atoms with Gasteiger partial charge < -0.3 is 10.1 Å². The van der Waals surface area contributed by atoms with E-state index in [1.54, 1.807) is 0 Å². The van der Waals surface area contributed by atoms with Gasteiger partial charge in [-0.1, -0.05) is 42.5 Å². The largest absolute Gasteiger partial charge is 0.489 e. The molecule has 2 atom stereocenters. The molecule has 1 heterocycles. The molecule has 0 amide bonds. The highest BCUT2D eigenvalue weighted by Crippen LogP contribution is 2.23. The summed E-state index contributed by atoms with van der Waals surface area (Å²) in [4.78, 5) is 2.18. The van der Waals surface area contributed by atoms with E-state index in [0.717, 1.165) is 24.4 Å². The summed E-state index contributed by atoms with van der Waals surface area (Å²) in [6.45, 7) is 2.76. The van der Waals surface area contributed by atoms with Crippen molar-refractivity contribution in [3.05, 3.63) is 65.7 Å². The molecule has 0 saturated carbocycles. The second kappa shape index (κ2) is 8.27. The Balaban J connectivity index is 1.62. The summed E-state index contributed by atoms with van der Waals surface area (Å²) in [6.07, 6.45) is -0.0283. The maximum Gasteiger partial charge on any atom is 0.120 e. The van der Waals surface area contributed by atoms with E-state index in [0.29, 0.717) is 19.6 Å². The number of alkyl halides is 1. The van der Waals surface area contributed by atoms with Gasteiger partial charge >= 0.3 is 0 Å². The minimum absolute atomic E-state index is 0.176. The number of likely N-dealkylation sites (tertiary alicyclic amines) is 1. The molecule has 1 aliphatic rings. The molecule has 0 radical (unpaired) electrons. The zero-order valence-corrected chi connectivity index (χ0v) is 14.1. The van der Waals surface area contributed by atoms with Crippen molar-refractivity contribution in [3.63, 3.8) is 0 Å². The summed E-state index contributed by atoms with van der Waals surface area (Å²) in [5, 5.41) is 3.34. The number of rotatable bonds is 7. The third-order valence-corrected chi connectivity index (χ3v) is 4.51. The van der Waals surface area contributed by atoms with Crippen molar-refractivity contribution >= 4 is 0 Å². The van der Waals surface area contributed by atoms with Gasteiger partial charge in [0.15, 0.2) is 0 Å². The first kappa shape index (κ1) is 16.9. The van der Waals surface area contributed by atoms with Crippen LogP contribution in [-0.4, -0.2) is 37.8 Å². The fourth-order valence-corrected chi connectivity index (χ4v) is 3.13. The topological polar surface area (TPSA) is 24.5 Å². The molecular formula is C20H25FN2O. The Morgan fingerprint density at radius 1 is 1.21 bits per heavy atom. The molecule has 0 aliphatic carbocycles. The third kappa shape index (κ3) is 4.56. The first-order valence-electron chi connectivity index (χ1n) is 8.55. The van der Waals surface area contributed by atoms with Crippen LogP contribution in [0.5, 0.6) is 5.75 Å². The van der Waals surface area contributed by atoms with E-state index in [9.17, 15) is 4.39 Å². The second-order valence-corrected chi connectivity index (χ2v) is 6.33. The standard InChI is InChI=1S/C20H25FN2O/c1-22-20(14-23-11-10-18(21)13-23)17-8-5-9-19(12-17)24-15-16-6-3-2-4-7-16/h2-9,12,18,20,22H,10-11,13-15H2,1H3/t18-,20+/m0/s1. The van der Waals surface area contributed by atoms with Crippen LogP contribution in [0.2, 0.25) is 0 Å². The van der Waals surface area contributed by atoms with E-state index in [-0.39, 0.29) is 6.04 Å². The SMILES string of the molecule is CN[C@H](CN1CC[C@H](F)C1)c1cccc(OCc2ccccc2)c1. The minimum atomic E-state index is -0.678. The summed E-state index contributed by atoms with van der Waals surface area (Å²) < 4.78 is 19.3. The van der Waals surface area contributed by atoms with E-state index in [4.69, 9.17) is 4.74 Å². The van der Waals surface area contributed by atoms with Crippen LogP contribution in [0.4, 0.5) is 4.39 Å². The van der Waals surface area contributed by atoms with Gasteiger partial charge in [-0.05, 0) is 36.7 Å². The van der Waals surface area contributed by atoms with Crippen molar-refractivity contribution in [2.45, 2.75) is 25.2 Å². The van der Waals surface area contributed by atoms with Crippen LogP contribution in [0.25, 0.3) is 0 Å². The van der Waals surface area contributed by atoms with Crippen LogP contribution in [0.15, 0.2) is 54.6 Å². The third-order valence-electron chi connectivity index (χ3n) is 4.51. The van der Waals surface area contributed by atoms with Gasteiger partial charge in [-0.2, -0.15) is 0 Å². The van der Waals surface area contributed by atoms with Gasteiger partial charge in [0.05, 0.1) is 0 Å². The van der Waals surface area contributed by atoms with Crippen molar-refractivity contribution in [1.82, 2.24) is 10.2 Å². The Morgan fingerprint density at radius 2 is 2.04 bits per heavy atom. The lowest BCUT2D eigenvalue weighted by Gasteiger charge is -2.23. The van der Waals surface area contributed by atoms with Gasteiger partial charge in [0, 0.05) is 25.7 Å². The van der Waals surface area contributed by atoms with Gasteiger partial charge in [0.25, 0.3) is 0 Å². The Hall–Kier alpha value is -1.91. The predicted octanol–water partition coefficient (Wildman–Crippen LogP) is 3.57. The normalized spacial score (nSPS) is 19.3. The average Bonchev–Trinajstić information content (AvgIpc) is 3.04. The number of benzene rings is 2. The van der Waals surface area contributed by atoms with Crippen LogP contribution >= 0.6 is 0 Å². The number of likely N-dealkylation sites (N-methyl/N-ethyl adjacent to an activating group) is 1. The molecule has 1 N–H and O–H groups in total. The van der Waals surface area contributed by atoms with E-state index in [2.05, 4.69) is 34.5 Å². The van der Waals surface area contributed by atoms with Crippen LogP contribution in [-0.2, 0) is 6.61 Å². The van der Waals surface area contributed by atoms with E-state index >= 15 is 0 Å². The van der Waals surface area contributed by atoms with E-state index < -0.39 is 6.17 Å². The Kier molecular flexibility index (Phi) is 5.83. The molecule has 0 unspecified atom stereocenters. The molecule has 1 aliphatic heterocycles. The second-order valence-electron chi connectivity index (χ2n) is 6.33. The molecule has 24 heavy (non-hydrogen) atoms. The molecule has 3 rings (SSSR count). The quantitative estimate of drug-likeness (QED) is 0.841. The summed E-state index contributed by atoms with van der Waals surface area (Å²) >= 11 is 0. The lowest BCUT2D eigenvalue weighted by atomic mass is 10.1. The number of nitrogens with zero attached hydrogens (tertiary/aromatic N) is 1. The highest BCUT2D eigenvalue weighted by atomic mass is 19.1. The highest BCUT2D eigenvalue weighted by Gasteiger charge is 2.24. The first-order valence-corrected chi connectivity index (χ1v) is 8.55. The smallest absolute Gasteiger partial charge is 0.120 e. The molecule has 1 fully saturated rings. The molecule has 2 aromatic rings. The van der Waals surface area contributed by atoms with E-state index in [1.165, 1.54) is 5.56 Å². The fourth-order valence-electron chi connectivity index (χ4n) is 3.13. The van der Waals surface area contributed by atoms with Crippen LogP contribution in [0, 0.1) is 0 Å². The minimum Gasteiger partial charge on any atom is -0.489 e. The summed E-state index contributed by atoms with van der Waals surface area (Å²) in [5.41, 5.74) is 2.32. The van der Waals surface area contributed by atoms with Gasteiger partial charge in [0.2, 0.25) is 0 Å².